The second-order valence-corrected chi connectivity index (χ2v) is 7.36. The Labute approximate surface area is 146 Å². The molecule has 0 aliphatic rings. The zero-order valence-corrected chi connectivity index (χ0v) is 15.0. The van der Waals surface area contributed by atoms with Crippen molar-refractivity contribution in [3.8, 4) is 0 Å². The molecular weight excluding hydrogens is 350 g/mol. The lowest BCUT2D eigenvalue weighted by molar-refractivity contribution is -0.141. The first-order valence-corrected chi connectivity index (χ1v) is 9.17. The Morgan fingerprint density at radius 1 is 1.17 bits per heavy atom. The van der Waals surface area contributed by atoms with E-state index in [1.165, 1.54) is 12.1 Å². The van der Waals surface area contributed by atoms with Crippen LogP contribution in [0.3, 0.4) is 0 Å². The Bertz CT molecular complexity index is 822. The molecule has 0 N–H and O–H groups in total. The van der Waals surface area contributed by atoms with Crippen molar-refractivity contribution in [1.82, 2.24) is 0 Å². The van der Waals surface area contributed by atoms with E-state index in [-0.39, 0.29) is 11.5 Å². The van der Waals surface area contributed by atoms with E-state index in [1.54, 1.807) is 50.2 Å². The van der Waals surface area contributed by atoms with Crippen LogP contribution in [0.5, 0.6) is 0 Å². The summed E-state index contributed by atoms with van der Waals surface area (Å²) in [5.41, 5.74) is 1.03. The van der Waals surface area contributed by atoms with Crippen LogP contribution in [0.1, 0.15) is 12.5 Å². The van der Waals surface area contributed by atoms with Crippen molar-refractivity contribution in [3.63, 3.8) is 0 Å². The third-order valence-corrected chi connectivity index (χ3v) is 5.35. The first-order chi connectivity index (χ1) is 11.4. The molecule has 0 saturated heterocycles. The van der Waals surface area contributed by atoms with Crippen LogP contribution in [0.2, 0.25) is 5.02 Å². The molecule has 0 aliphatic heterocycles. The van der Waals surface area contributed by atoms with Gasteiger partial charge in [0, 0.05) is 5.02 Å². The highest BCUT2D eigenvalue weighted by molar-refractivity contribution is 7.92. The molecule has 0 radical (unpaired) electrons. The van der Waals surface area contributed by atoms with Gasteiger partial charge in [0.1, 0.15) is 6.54 Å². The van der Waals surface area contributed by atoms with Gasteiger partial charge in [0.2, 0.25) is 0 Å². The number of aryl methyl sites for hydroxylation is 1. The van der Waals surface area contributed by atoms with E-state index >= 15 is 0 Å². The Morgan fingerprint density at radius 3 is 2.42 bits per heavy atom. The summed E-state index contributed by atoms with van der Waals surface area (Å²) < 4.78 is 32.0. The van der Waals surface area contributed by atoms with Crippen LogP contribution in [0, 0.1) is 6.92 Å². The van der Waals surface area contributed by atoms with Crippen LogP contribution in [-0.2, 0) is 19.6 Å². The molecule has 2 aromatic carbocycles. The predicted octanol–water partition coefficient (Wildman–Crippen LogP) is 3.41. The van der Waals surface area contributed by atoms with Crippen molar-refractivity contribution in [2.75, 3.05) is 17.5 Å². The fourth-order valence-corrected chi connectivity index (χ4v) is 3.96. The number of carbonyl (C=O) groups excluding carboxylic acids is 1. The molecule has 0 amide bonds. The number of esters is 1. The number of ether oxygens (including phenoxy) is 1. The molecule has 0 bridgehead atoms. The van der Waals surface area contributed by atoms with Crippen molar-refractivity contribution in [1.29, 1.82) is 0 Å². The van der Waals surface area contributed by atoms with Gasteiger partial charge >= 0.3 is 5.97 Å². The van der Waals surface area contributed by atoms with E-state index in [9.17, 15) is 13.2 Å². The molecule has 0 spiro atoms. The zero-order chi connectivity index (χ0) is 17.7. The quantitative estimate of drug-likeness (QED) is 0.734. The average Bonchev–Trinajstić information content (AvgIpc) is 2.54. The standard InChI is InChI=1S/C17H18ClNO4S/c1-3-23-17(20)12-19(16-10-9-14(18)11-13(16)2)24(21,22)15-7-5-4-6-8-15/h4-11H,3,12H2,1-2H3. The molecule has 0 aromatic heterocycles. The van der Waals surface area contributed by atoms with E-state index in [0.29, 0.717) is 16.3 Å². The van der Waals surface area contributed by atoms with Gasteiger partial charge in [-0.25, -0.2) is 8.42 Å². The minimum atomic E-state index is -3.91. The van der Waals surface area contributed by atoms with Crippen molar-refractivity contribution >= 4 is 33.3 Å². The maximum absolute atomic E-state index is 13.0. The lowest BCUT2D eigenvalue weighted by atomic mass is 10.2. The van der Waals surface area contributed by atoms with Crippen LogP contribution in [0.25, 0.3) is 0 Å². The van der Waals surface area contributed by atoms with Gasteiger partial charge in [-0.05, 0) is 49.7 Å². The third-order valence-electron chi connectivity index (χ3n) is 3.34. The highest BCUT2D eigenvalue weighted by atomic mass is 35.5. The normalized spacial score (nSPS) is 11.1. The summed E-state index contributed by atoms with van der Waals surface area (Å²) in [6, 6.07) is 12.8. The molecule has 7 heteroatoms. The molecule has 0 fully saturated rings. The van der Waals surface area contributed by atoms with E-state index in [0.717, 1.165) is 4.31 Å². The predicted molar refractivity (Wildman–Crippen MR) is 93.8 cm³/mol. The minimum Gasteiger partial charge on any atom is -0.465 e. The smallest absolute Gasteiger partial charge is 0.326 e. The molecule has 24 heavy (non-hydrogen) atoms. The molecule has 2 rings (SSSR count). The van der Waals surface area contributed by atoms with Gasteiger partial charge in [0.05, 0.1) is 17.2 Å². The molecule has 0 aliphatic carbocycles. The Kier molecular flexibility index (Phi) is 5.85. The lowest BCUT2D eigenvalue weighted by Crippen LogP contribution is -2.37. The highest BCUT2D eigenvalue weighted by Crippen LogP contribution is 2.28. The summed E-state index contributed by atoms with van der Waals surface area (Å²) in [6.45, 7) is 3.17. The number of carbonyl (C=O) groups is 1. The fraction of sp³-hybridized carbons (Fsp3) is 0.235. The highest BCUT2D eigenvalue weighted by Gasteiger charge is 2.28. The summed E-state index contributed by atoms with van der Waals surface area (Å²) in [6.07, 6.45) is 0. The first-order valence-electron chi connectivity index (χ1n) is 7.36. The second-order valence-electron chi connectivity index (χ2n) is 5.06. The minimum absolute atomic E-state index is 0.101. The number of nitrogens with zero attached hydrogens (tertiary/aromatic N) is 1. The SMILES string of the molecule is CCOC(=O)CN(c1ccc(Cl)cc1C)S(=O)(=O)c1ccccc1. The zero-order valence-electron chi connectivity index (χ0n) is 13.4. The van der Waals surface area contributed by atoms with Crippen molar-refractivity contribution in [2.24, 2.45) is 0 Å². The maximum atomic E-state index is 13.0. The van der Waals surface area contributed by atoms with Gasteiger partial charge in [-0.2, -0.15) is 0 Å². The van der Waals surface area contributed by atoms with Gasteiger partial charge in [0.25, 0.3) is 10.0 Å². The van der Waals surface area contributed by atoms with Gasteiger partial charge in [-0.3, -0.25) is 9.10 Å². The number of hydrogen-bond donors (Lipinski definition) is 0. The third kappa shape index (κ3) is 4.07. The van der Waals surface area contributed by atoms with Gasteiger partial charge in [-0.15, -0.1) is 0 Å². The largest absolute Gasteiger partial charge is 0.465 e. The fourth-order valence-electron chi connectivity index (χ4n) is 2.24. The maximum Gasteiger partial charge on any atom is 0.326 e. The summed E-state index contributed by atoms with van der Waals surface area (Å²) in [5.74, 6) is -0.619. The van der Waals surface area contributed by atoms with E-state index in [2.05, 4.69) is 0 Å². The van der Waals surface area contributed by atoms with Crippen LogP contribution < -0.4 is 4.31 Å². The van der Waals surface area contributed by atoms with Crippen LogP contribution >= 0.6 is 11.6 Å². The van der Waals surface area contributed by atoms with E-state index in [4.69, 9.17) is 16.3 Å². The van der Waals surface area contributed by atoms with Gasteiger partial charge in [-0.1, -0.05) is 29.8 Å². The Hall–Kier alpha value is -2.05. The van der Waals surface area contributed by atoms with Crippen molar-refractivity contribution in [3.05, 3.63) is 59.1 Å². The molecule has 0 atom stereocenters. The van der Waals surface area contributed by atoms with Crippen LogP contribution in [0.4, 0.5) is 5.69 Å². The first kappa shape index (κ1) is 18.3. The van der Waals surface area contributed by atoms with Crippen molar-refractivity contribution < 1.29 is 17.9 Å². The number of rotatable bonds is 6. The number of anilines is 1. The number of hydrogen-bond acceptors (Lipinski definition) is 4. The van der Waals surface area contributed by atoms with Gasteiger partial charge < -0.3 is 4.74 Å². The summed E-state index contributed by atoms with van der Waals surface area (Å²) in [7, 11) is -3.91. The molecule has 5 nitrogen and oxygen atoms in total. The molecule has 2 aromatic rings. The molecular formula is C17H18ClNO4S. The van der Waals surface area contributed by atoms with E-state index in [1.807, 2.05) is 0 Å². The average molecular weight is 368 g/mol. The van der Waals surface area contributed by atoms with Crippen LogP contribution in [-0.4, -0.2) is 27.5 Å². The Balaban J connectivity index is 2.52. The summed E-state index contributed by atoms with van der Waals surface area (Å²) >= 11 is 5.95. The monoisotopic (exact) mass is 367 g/mol. The number of sulfonamides is 1. The van der Waals surface area contributed by atoms with Crippen LogP contribution in [0.15, 0.2) is 53.4 Å². The lowest BCUT2D eigenvalue weighted by Gasteiger charge is -2.25. The molecule has 128 valence electrons. The molecule has 0 heterocycles. The van der Waals surface area contributed by atoms with E-state index < -0.39 is 22.5 Å². The second kappa shape index (κ2) is 7.68. The number of benzene rings is 2. The topological polar surface area (TPSA) is 63.7 Å². The van der Waals surface area contributed by atoms with Gasteiger partial charge in [0.15, 0.2) is 0 Å². The molecule has 0 unspecified atom stereocenters. The molecule has 0 saturated carbocycles. The van der Waals surface area contributed by atoms with Crippen molar-refractivity contribution in [2.45, 2.75) is 18.7 Å². The Morgan fingerprint density at radius 2 is 1.83 bits per heavy atom. The summed E-state index contributed by atoms with van der Waals surface area (Å²) in [5, 5.41) is 0.490. The summed E-state index contributed by atoms with van der Waals surface area (Å²) in [4.78, 5) is 12.0. The number of halogens is 1.